The highest BCUT2D eigenvalue weighted by Crippen LogP contribution is 2.34. The van der Waals surface area contributed by atoms with Crippen molar-refractivity contribution < 1.29 is 14.3 Å². The van der Waals surface area contributed by atoms with Crippen LogP contribution in [0.25, 0.3) is 22.5 Å². The highest BCUT2D eigenvalue weighted by atomic mass is 16.6. The van der Waals surface area contributed by atoms with Crippen LogP contribution in [-0.2, 0) is 4.74 Å². The smallest absolute Gasteiger partial charge is 0.410 e. The van der Waals surface area contributed by atoms with Gasteiger partial charge in [0.2, 0.25) is 5.88 Å². The lowest BCUT2D eigenvalue weighted by Gasteiger charge is -2.35. The van der Waals surface area contributed by atoms with Crippen molar-refractivity contribution in [3.05, 3.63) is 65.4 Å². The monoisotopic (exact) mass is 513 g/mol. The van der Waals surface area contributed by atoms with Gasteiger partial charge in [0.1, 0.15) is 23.8 Å². The number of carbonyl (C=O) groups is 1. The Bertz CT molecular complexity index is 1320. The van der Waals surface area contributed by atoms with Gasteiger partial charge in [-0.05, 0) is 57.9 Å². The Morgan fingerprint density at radius 2 is 1.79 bits per heavy atom. The molecule has 8 nitrogen and oxygen atoms in total. The van der Waals surface area contributed by atoms with Gasteiger partial charge in [-0.15, -0.1) is 0 Å². The number of nitriles is 1. The number of hydrogen-bond donors (Lipinski definition) is 0. The number of hydrogen-bond acceptors (Lipinski definition) is 7. The number of carbonyl (C=O) groups excluding carboxylic acids is 1. The van der Waals surface area contributed by atoms with E-state index in [1.807, 2.05) is 77.1 Å². The van der Waals surface area contributed by atoms with E-state index in [4.69, 9.17) is 14.5 Å². The summed E-state index contributed by atoms with van der Waals surface area (Å²) in [7, 11) is 0. The molecule has 0 spiro atoms. The Hall–Kier alpha value is -3.96. The van der Waals surface area contributed by atoms with Crippen molar-refractivity contribution in [3.63, 3.8) is 0 Å². The molecule has 0 unspecified atom stereocenters. The van der Waals surface area contributed by atoms with Crippen molar-refractivity contribution in [1.82, 2.24) is 19.8 Å². The van der Waals surface area contributed by atoms with Gasteiger partial charge in [-0.25, -0.2) is 9.78 Å². The Morgan fingerprint density at radius 1 is 1.08 bits per heavy atom. The SMILES string of the molecule is Cc1ccc(-c2cc(-c3ncccc3C)nc(OCCN3CCN(C(=O)OC(C)(C)C)CC3)c2C#N)cc1. The van der Waals surface area contributed by atoms with Crippen molar-refractivity contribution in [3.8, 4) is 34.5 Å². The van der Waals surface area contributed by atoms with Crippen LogP contribution in [0.5, 0.6) is 5.88 Å². The van der Waals surface area contributed by atoms with Gasteiger partial charge in [-0.1, -0.05) is 35.9 Å². The molecule has 0 atom stereocenters. The zero-order chi connectivity index (χ0) is 27.3. The molecule has 1 amide bonds. The first-order valence-electron chi connectivity index (χ1n) is 12.9. The van der Waals surface area contributed by atoms with Gasteiger partial charge >= 0.3 is 6.09 Å². The molecule has 0 bridgehead atoms. The molecule has 4 rings (SSSR count). The van der Waals surface area contributed by atoms with Crippen molar-refractivity contribution >= 4 is 6.09 Å². The van der Waals surface area contributed by atoms with Crippen molar-refractivity contribution in [2.75, 3.05) is 39.3 Å². The zero-order valence-corrected chi connectivity index (χ0v) is 22.8. The number of aryl methyl sites for hydroxylation is 2. The molecule has 198 valence electrons. The lowest BCUT2D eigenvalue weighted by molar-refractivity contribution is 0.0136. The third kappa shape index (κ3) is 6.67. The fourth-order valence-electron chi connectivity index (χ4n) is 4.32. The van der Waals surface area contributed by atoms with Gasteiger partial charge < -0.3 is 14.4 Å². The molecule has 1 aromatic carbocycles. The Labute approximate surface area is 224 Å². The first kappa shape index (κ1) is 27.1. The molecule has 1 aliphatic rings. The van der Waals surface area contributed by atoms with Crippen LogP contribution in [-0.4, -0.2) is 70.8 Å². The summed E-state index contributed by atoms with van der Waals surface area (Å²) in [4.78, 5) is 25.6. The first-order chi connectivity index (χ1) is 18.1. The number of aromatic nitrogens is 2. The summed E-state index contributed by atoms with van der Waals surface area (Å²) in [6.45, 7) is 13.3. The number of benzene rings is 1. The second-order valence-electron chi connectivity index (χ2n) is 10.5. The van der Waals surface area contributed by atoms with E-state index in [9.17, 15) is 10.1 Å². The molecular weight excluding hydrogens is 478 g/mol. The fraction of sp³-hybridized carbons (Fsp3) is 0.400. The molecule has 0 saturated carbocycles. The second kappa shape index (κ2) is 11.6. The summed E-state index contributed by atoms with van der Waals surface area (Å²) in [5, 5.41) is 10.1. The van der Waals surface area contributed by atoms with Crippen LogP contribution in [0.4, 0.5) is 4.79 Å². The second-order valence-corrected chi connectivity index (χ2v) is 10.5. The molecule has 1 aliphatic heterocycles. The first-order valence-corrected chi connectivity index (χ1v) is 12.9. The highest BCUT2D eigenvalue weighted by Gasteiger charge is 2.26. The topological polar surface area (TPSA) is 91.6 Å². The van der Waals surface area contributed by atoms with Crippen molar-refractivity contribution in [1.29, 1.82) is 5.26 Å². The summed E-state index contributed by atoms with van der Waals surface area (Å²) in [6.07, 6.45) is 1.46. The Morgan fingerprint density at radius 3 is 2.42 bits per heavy atom. The van der Waals surface area contributed by atoms with Crippen molar-refractivity contribution in [2.24, 2.45) is 0 Å². The maximum Gasteiger partial charge on any atom is 0.410 e. The molecule has 1 saturated heterocycles. The lowest BCUT2D eigenvalue weighted by atomic mass is 9.98. The minimum Gasteiger partial charge on any atom is -0.475 e. The third-order valence-corrected chi connectivity index (χ3v) is 6.38. The number of piperazine rings is 1. The molecular formula is C30H35N5O3. The zero-order valence-electron chi connectivity index (χ0n) is 22.8. The predicted molar refractivity (Wildman–Crippen MR) is 147 cm³/mol. The number of nitrogens with zero attached hydrogens (tertiary/aromatic N) is 5. The summed E-state index contributed by atoms with van der Waals surface area (Å²) in [5.74, 6) is 0.304. The van der Waals surface area contributed by atoms with Crippen molar-refractivity contribution in [2.45, 2.75) is 40.2 Å². The Kier molecular flexibility index (Phi) is 8.28. The summed E-state index contributed by atoms with van der Waals surface area (Å²) < 4.78 is 11.6. The average molecular weight is 514 g/mol. The third-order valence-electron chi connectivity index (χ3n) is 6.38. The summed E-state index contributed by atoms with van der Waals surface area (Å²) in [5.41, 5.74) is 5.15. The van der Waals surface area contributed by atoms with Gasteiger partial charge in [0.05, 0.1) is 11.4 Å². The normalized spacial score (nSPS) is 14.2. The molecule has 1 fully saturated rings. The number of rotatable bonds is 6. The van der Waals surface area contributed by atoms with E-state index in [1.54, 1.807) is 11.1 Å². The van der Waals surface area contributed by atoms with Crippen LogP contribution < -0.4 is 4.74 Å². The highest BCUT2D eigenvalue weighted by molar-refractivity contribution is 5.77. The quantitative estimate of drug-likeness (QED) is 0.446. The molecule has 0 aliphatic carbocycles. The van der Waals surface area contributed by atoms with Gasteiger partial charge in [-0.2, -0.15) is 5.26 Å². The van der Waals surface area contributed by atoms with E-state index >= 15 is 0 Å². The average Bonchev–Trinajstić information content (AvgIpc) is 2.88. The summed E-state index contributed by atoms with van der Waals surface area (Å²) in [6, 6.07) is 16.2. The van der Waals surface area contributed by atoms with Crippen LogP contribution in [0.3, 0.4) is 0 Å². The van der Waals surface area contributed by atoms with Gasteiger partial charge in [-0.3, -0.25) is 9.88 Å². The minimum absolute atomic E-state index is 0.276. The molecule has 0 radical (unpaired) electrons. The molecule has 2 aromatic heterocycles. The van der Waals surface area contributed by atoms with Gasteiger partial charge in [0.25, 0.3) is 0 Å². The van der Waals surface area contributed by atoms with E-state index < -0.39 is 5.60 Å². The largest absolute Gasteiger partial charge is 0.475 e. The van der Waals surface area contributed by atoms with Crippen LogP contribution in [0.1, 0.15) is 37.5 Å². The van der Waals surface area contributed by atoms with E-state index in [1.165, 1.54) is 0 Å². The van der Waals surface area contributed by atoms with Crippen LogP contribution in [0, 0.1) is 25.2 Å². The standard InChI is InChI=1S/C30H35N5O3/c1-21-8-10-23(11-9-21)24-19-26(27-22(2)7-6-12-32-27)33-28(25(24)20-31)37-18-17-34-13-15-35(16-14-34)29(36)38-30(3,4)5/h6-12,19H,13-18H2,1-5H3. The molecule has 3 heterocycles. The number of pyridine rings is 2. The maximum absolute atomic E-state index is 12.3. The van der Waals surface area contributed by atoms with E-state index in [0.717, 1.165) is 41.0 Å². The molecule has 38 heavy (non-hydrogen) atoms. The number of amides is 1. The van der Waals surface area contributed by atoms with Crippen LogP contribution >= 0.6 is 0 Å². The molecule has 3 aromatic rings. The molecule has 8 heteroatoms. The lowest BCUT2D eigenvalue weighted by Crippen LogP contribution is -2.50. The maximum atomic E-state index is 12.3. The fourth-order valence-corrected chi connectivity index (χ4v) is 4.32. The minimum atomic E-state index is -0.507. The number of ether oxygens (including phenoxy) is 2. The van der Waals surface area contributed by atoms with E-state index in [2.05, 4.69) is 16.0 Å². The van der Waals surface area contributed by atoms with E-state index in [0.29, 0.717) is 43.4 Å². The van der Waals surface area contributed by atoms with Crippen LogP contribution in [0.15, 0.2) is 48.7 Å². The van der Waals surface area contributed by atoms with Crippen LogP contribution in [0.2, 0.25) is 0 Å². The Balaban J connectivity index is 1.51. The van der Waals surface area contributed by atoms with Gasteiger partial charge in [0.15, 0.2) is 0 Å². The van der Waals surface area contributed by atoms with E-state index in [-0.39, 0.29) is 6.09 Å². The van der Waals surface area contributed by atoms with Gasteiger partial charge in [0, 0.05) is 44.5 Å². The summed E-state index contributed by atoms with van der Waals surface area (Å²) >= 11 is 0. The predicted octanol–water partition coefficient (Wildman–Crippen LogP) is 5.23. The molecule has 0 N–H and O–H groups in total.